The molecule has 2 aliphatic heterocycles. The molecular formula is C19H28ClNO3. The molecule has 0 bridgehead atoms. The van der Waals surface area contributed by atoms with Gasteiger partial charge in [0.05, 0.1) is 13.2 Å². The van der Waals surface area contributed by atoms with Gasteiger partial charge in [-0.3, -0.25) is 4.90 Å². The van der Waals surface area contributed by atoms with Crippen molar-refractivity contribution in [2.24, 2.45) is 11.3 Å². The second-order valence-corrected chi connectivity index (χ2v) is 7.42. The molecule has 1 spiro atoms. The molecule has 0 aromatic heterocycles. The maximum atomic E-state index is 5.89. The molecule has 2 heterocycles. The Morgan fingerprint density at radius 3 is 2.67 bits per heavy atom. The third-order valence-electron chi connectivity index (χ3n) is 5.64. The summed E-state index contributed by atoms with van der Waals surface area (Å²) in [6, 6.07) is 7.57. The van der Waals surface area contributed by atoms with Gasteiger partial charge >= 0.3 is 0 Å². The average molecular weight is 354 g/mol. The second-order valence-electron chi connectivity index (χ2n) is 6.98. The van der Waals surface area contributed by atoms with Crippen LogP contribution in [0.25, 0.3) is 0 Å². The number of benzene rings is 1. The maximum Gasteiger partial charge on any atom is 0.119 e. The fourth-order valence-corrected chi connectivity index (χ4v) is 4.14. The molecule has 0 saturated carbocycles. The molecule has 3 rings (SSSR count). The van der Waals surface area contributed by atoms with Gasteiger partial charge in [0.15, 0.2) is 0 Å². The smallest absolute Gasteiger partial charge is 0.119 e. The minimum atomic E-state index is 0.418. The highest BCUT2D eigenvalue weighted by atomic mass is 35.5. The van der Waals surface area contributed by atoms with Crippen molar-refractivity contribution in [2.75, 3.05) is 53.2 Å². The Labute approximate surface area is 150 Å². The van der Waals surface area contributed by atoms with Crippen LogP contribution in [-0.2, 0) is 9.47 Å². The number of hydrogen-bond acceptors (Lipinski definition) is 4. The number of halogens is 1. The summed E-state index contributed by atoms with van der Waals surface area (Å²) in [5.41, 5.74) is 0.418. The van der Waals surface area contributed by atoms with Gasteiger partial charge in [0.1, 0.15) is 12.4 Å². The molecule has 0 N–H and O–H groups in total. The van der Waals surface area contributed by atoms with Gasteiger partial charge in [-0.2, -0.15) is 0 Å². The first kappa shape index (κ1) is 18.0. The first-order valence-electron chi connectivity index (χ1n) is 8.89. The minimum absolute atomic E-state index is 0.418. The Bertz CT molecular complexity index is 498. The summed E-state index contributed by atoms with van der Waals surface area (Å²) in [5, 5.41) is 0.741. The van der Waals surface area contributed by atoms with Crippen LogP contribution in [0, 0.1) is 11.3 Å². The van der Waals surface area contributed by atoms with E-state index in [2.05, 4.69) is 4.90 Å². The van der Waals surface area contributed by atoms with Gasteiger partial charge in [-0.25, -0.2) is 0 Å². The van der Waals surface area contributed by atoms with Crippen molar-refractivity contribution in [1.82, 2.24) is 4.90 Å². The van der Waals surface area contributed by atoms with Crippen LogP contribution in [0.3, 0.4) is 0 Å². The van der Waals surface area contributed by atoms with E-state index in [4.69, 9.17) is 25.8 Å². The molecule has 1 atom stereocenters. The lowest BCUT2D eigenvalue weighted by atomic mass is 9.66. The monoisotopic (exact) mass is 353 g/mol. The van der Waals surface area contributed by atoms with Crippen LogP contribution in [0.4, 0.5) is 0 Å². The second kappa shape index (κ2) is 8.52. The number of likely N-dealkylation sites (tertiary alicyclic amines) is 1. The normalized spacial score (nSPS) is 24.2. The number of nitrogens with zero attached hydrogens (tertiary/aromatic N) is 1. The molecule has 24 heavy (non-hydrogen) atoms. The van der Waals surface area contributed by atoms with Gasteiger partial charge in [0, 0.05) is 31.2 Å². The number of piperidine rings is 1. The van der Waals surface area contributed by atoms with Crippen molar-refractivity contribution < 1.29 is 14.2 Å². The van der Waals surface area contributed by atoms with Crippen LogP contribution in [-0.4, -0.2) is 58.1 Å². The first-order chi connectivity index (χ1) is 11.7. The van der Waals surface area contributed by atoms with Crippen molar-refractivity contribution in [2.45, 2.75) is 19.3 Å². The van der Waals surface area contributed by atoms with Gasteiger partial charge in [-0.05, 0) is 62.0 Å². The Morgan fingerprint density at radius 1 is 1.21 bits per heavy atom. The van der Waals surface area contributed by atoms with Crippen LogP contribution >= 0.6 is 11.6 Å². The summed E-state index contributed by atoms with van der Waals surface area (Å²) in [6.07, 6.45) is 3.66. The van der Waals surface area contributed by atoms with Crippen molar-refractivity contribution in [3.8, 4) is 5.75 Å². The van der Waals surface area contributed by atoms with E-state index >= 15 is 0 Å². The Kier molecular flexibility index (Phi) is 6.39. The van der Waals surface area contributed by atoms with Gasteiger partial charge in [0.2, 0.25) is 0 Å². The largest absolute Gasteiger partial charge is 0.492 e. The standard InChI is InChI=1S/C19H28ClNO3/c1-22-14-16-15-23-12-8-19(16)6-9-21(10-7-19)11-13-24-18-4-2-17(20)3-5-18/h2-5,16H,6-15H2,1H3/t16-/m0/s1. The Balaban J connectivity index is 1.43. The zero-order valence-corrected chi connectivity index (χ0v) is 15.3. The quantitative estimate of drug-likeness (QED) is 0.783. The molecule has 0 aliphatic carbocycles. The van der Waals surface area contributed by atoms with Crippen LogP contribution in [0.1, 0.15) is 19.3 Å². The van der Waals surface area contributed by atoms with E-state index in [0.717, 1.165) is 56.8 Å². The molecule has 0 radical (unpaired) electrons. The van der Waals surface area contributed by atoms with Crippen molar-refractivity contribution >= 4 is 11.6 Å². The van der Waals surface area contributed by atoms with Crippen molar-refractivity contribution in [3.63, 3.8) is 0 Å². The molecule has 1 aromatic rings. The lowest BCUT2D eigenvalue weighted by Gasteiger charge is -2.48. The lowest BCUT2D eigenvalue weighted by Crippen LogP contribution is -2.49. The number of methoxy groups -OCH3 is 1. The predicted molar refractivity (Wildman–Crippen MR) is 95.9 cm³/mol. The molecule has 1 aromatic carbocycles. The minimum Gasteiger partial charge on any atom is -0.492 e. The third kappa shape index (κ3) is 4.42. The zero-order valence-electron chi connectivity index (χ0n) is 14.5. The van der Waals surface area contributed by atoms with Crippen LogP contribution in [0.5, 0.6) is 5.75 Å². The van der Waals surface area contributed by atoms with E-state index in [1.165, 1.54) is 19.3 Å². The van der Waals surface area contributed by atoms with Crippen molar-refractivity contribution in [3.05, 3.63) is 29.3 Å². The topological polar surface area (TPSA) is 30.9 Å². The highest BCUT2D eigenvalue weighted by Gasteiger charge is 2.43. The summed E-state index contributed by atoms with van der Waals surface area (Å²) in [4.78, 5) is 2.51. The van der Waals surface area contributed by atoms with E-state index < -0.39 is 0 Å². The van der Waals surface area contributed by atoms with E-state index in [1.54, 1.807) is 7.11 Å². The highest BCUT2D eigenvalue weighted by molar-refractivity contribution is 6.30. The van der Waals surface area contributed by atoms with E-state index in [9.17, 15) is 0 Å². The molecule has 134 valence electrons. The number of hydrogen-bond donors (Lipinski definition) is 0. The maximum absolute atomic E-state index is 5.89. The zero-order chi connectivity index (χ0) is 16.8. The van der Waals surface area contributed by atoms with Crippen LogP contribution in [0.2, 0.25) is 5.02 Å². The molecule has 2 saturated heterocycles. The van der Waals surface area contributed by atoms with E-state index in [1.807, 2.05) is 24.3 Å². The highest BCUT2D eigenvalue weighted by Crippen LogP contribution is 2.44. The summed E-state index contributed by atoms with van der Waals surface area (Å²) < 4.78 is 16.9. The molecule has 2 fully saturated rings. The van der Waals surface area contributed by atoms with Gasteiger partial charge < -0.3 is 14.2 Å². The summed E-state index contributed by atoms with van der Waals surface area (Å²) >= 11 is 5.89. The predicted octanol–water partition coefficient (Wildman–Crippen LogP) is 3.48. The molecule has 5 heteroatoms. The molecule has 4 nitrogen and oxygen atoms in total. The lowest BCUT2D eigenvalue weighted by molar-refractivity contribution is -0.0948. The Morgan fingerprint density at radius 2 is 1.96 bits per heavy atom. The van der Waals surface area contributed by atoms with Gasteiger partial charge in [0.25, 0.3) is 0 Å². The summed E-state index contributed by atoms with van der Waals surface area (Å²) in [6.45, 7) is 6.56. The van der Waals surface area contributed by atoms with Crippen LogP contribution in [0.15, 0.2) is 24.3 Å². The Hall–Kier alpha value is -0.810. The molecular weight excluding hydrogens is 326 g/mol. The number of ether oxygens (including phenoxy) is 3. The SMILES string of the molecule is COC[C@H]1COCCC12CCN(CCOc1ccc(Cl)cc1)CC2. The van der Waals surface area contributed by atoms with Crippen molar-refractivity contribution in [1.29, 1.82) is 0 Å². The van der Waals surface area contributed by atoms with Gasteiger partial charge in [-0.15, -0.1) is 0 Å². The summed E-state index contributed by atoms with van der Waals surface area (Å²) in [7, 11) is 1.80. The molecule has 0 unspecified atom stereocenters. The fourth-order valence-electron chi connectivity index (χ4n) is 4.01. The third-order valence-corrected chi connectivity index (χ3v) is 5.89. The summed E-state index contributed by atoms with van der Waals surface area (Å²) in [5.74, 6) is 1.43. The van der Waals surface area contributed by atoms with E-state index in [0.29, 0.717) is 11.3 Å². The average Bonchev–Trinajstić information content (AvgIpc) is 2.61. The van der Waals surface area contributed by atoms with Gasteiger partial charge in [-0.1, -0.05) is 11.6 Å². The fraction of sp³-hybridized carbons (Fsp3) is 0.684. The van der Waals surface area contributed by atoms with E-state index in [-0.39, 0.29) is 0 Å². The number of rotatable bonds is 6. The molecule has 2 aliphatic rings. The first-order valence-corrected chi connectivity index (χ1v) is 9.27. The van der Waals surface area contributed by atoms with Crippen LogP contribution < -0.4 is 4.74 Å². The molecule has 0 amide bonds.